The molecule has 0 atom stereocenters. The van der Waals surface area contributed by atoms with Crippen LogP contribution in [0.15, 0.2) is 30.6 Å². The number of aromatic nitrogens is 2. The Kier molecular flexibility index (Phi) is 6.12. The Balaban J connectivity index is 2.08. The Morgan fingerprint density at radius 2 is 2.04 bits per heavy atom. The van der Waals surface area contributed by atoms with Gasteiger partial charge in [0.15, 0.2) is 0 Å². The fraction of sp³-hybridized carbons (Fsp3) is 0.389. The molecule has 1 amide bonds. The second-order valence-corrected chi connectivity index (χ2v) is 6.06. The third-order valence-electron chi connectivity index (χ3n) is 3.53. The highest BCUT2D eigenvalue weighted by molar-refractivity contribution is 6.04. The Morgan fingerprint density at radius 3 is 2.75 bits per heavy atom. The molecule has 2 rings (SSSR count). The highest BCUT2D eigenvalue weighted by Gasteiger charge is 2.12. The average Bonchev–Trinajstić information content (AvgIpc) is 2.55. The number of ether oxygens (including phenoxy) is 1. The number of nitrogens with zero attached hydrogens (tertiary/aromatic N) is 2. The van der Waals surface area contributed by atoms with E-state index in [1.165, 1.54) is 6.33 Å². The van der Waals surface area contributed by atoms with Crippen molar-refractivity contribution < 1.29 is 9.53 Å². The molecule has 6 nitrogen and oxygen atoms in total. The molecule has 0 radical (unpaired) electrons. The number of methoxy groups -OCH3 is 1. The van der Waals surface area contributed by atoms with E-state index < -0.39 is 0 Å². The average molecular weight is 328 g/mol. The molecule has 24 heavy (non-hydrogen) atoms. The first kappa shape index (κ1) is 17.7. The van der Waals surface area contributed by atoms with Crippen molar-refractivity contribution in [3.63, 3.8) is 0 Å². The van der Waals surface area contributed by atoms with Crippen LogP contribution in [0, 0.1) is 12.8 Å². The van der Waals surface area contributed by atoms with Gasteiger partial charge in [-0.25, -0.2) is 9.97 Å². The summed E-state index contributed by atoms with van der Waals surface area (Å²) in [5, 5.41) is 6.05. The maximum Gasteiger partial charge on any atom is 0.274 e. The predicted octanol–water partition coefficient (Wildman–Crippen LogP) is 3.50. The van der Waals surface area contributed by atoms with E-state index >= 15 is 0 Å². The lowest BCUT2D eigenvalue weighted by molar-refractivity contribution is 0.102. The topological polar surface area (TPSA) is 76.1 Å². The number of hydrogen-bond acceptors (Lipinski definition) is 5. The van der Waals surface area contributed by atoms with Crippen molar-refractivity contribution in [2.45, 2.75) is 27.2 Å². The summed E-state index contributed by atoms with van der Waals surface area (Å²) < 4.78 is 5.28. The zero-order valence-electron chi connectivity index (χ0n) is 14.6. The number of aryl methyl sites for hydroxylation is 1. The van der Waals surface area contributed by atoms with Gasteiger partial charge in [-0.1, -0.05) is 19.9 Å². The molecule has 0 aliphatic heterocycles. The molecule has 1 heterocycles. The van der Waals surface area contributed by atoms with Crippen molar-refractivity contribution in [1.29, 1.82) is 0 Å². The summed E-state index contributed by atoms with van der Waals surface area (Å²) in [4.78, 5) is 20.6. The van der Waals surface area contributed by atoms with Gasteiger partial charge in [0.1, 0.15) is 23.6 Å². The number of anilines is 2. The molecule has 0 aliphatic rings. The van der Waals surface area contributed by atoms with Crippen LogP contribution in [0.25, 0.3) is 0 Å². The number of amides is 1. The van der Waals surface area contributed by atoms with Crippen molar-refractivity contribution in [2.24, 2.45) is 5.92 Å². The highest BCUT2D eigenvalue weighted by Crippen LogP contribution is 2.25. The van der Waals surface area contributed by atoms with Gasteiger partial charge < -0.3 is 15.4 Å². The van der Waals surface area contributed by atoms with Gasteiger partial charge in [-0.05, 0) is 37.0 Å². The first-order valence-corrected chi connectivity index (χ1v) is 8.01. The number of benzene rings is 1. The molecule has 0 saturated carbocycles. The van der Waals surface area contributed by atoms with Crippen LogP contribution in [0.1, 0.15) is 36.3 Å². The summed E-state index contributed by atoms with van der Waals surface area (Å²) in [7, 11) is 1.57. The van der Waals surface area contributed by atoms with Crippen molar-refractivity contribution in [1.82, 2.24) is 9.97 Å². The summed E-state index contributed by atoms with van der Waals surface area (Å²) in [6.07, 6.45) is 2.42. The Bertz CT molecular complexity index is 701. The number of carbonyl (C=O) groups excluding carboxylic acids is 1. The standard InChI is InChI=1S/C18H24N4O2/c1-12(2)7-8-19-17-10-15(20-11-21-17)18(23)22-14-9-13(3)5-6-16(14)24-4/h5-6,9-12H,7-8H2,1-4H3,(H,22,23)(H,19,20,21). The lowest BCUT2D eigenvalue weighted by Gasteiger charge is -2.11. The van der Waals surface area contributed by atoms with Crippen LogP contribution in [-0.2, 0) is 0 Å². The Morgan fingerprint density at radius 1 is 1.25 bits per heavy atom. The maximum atomic E-state index is 12.4. The minimum atomic E-state index is -0.298. The molecule has 0 unspecified atom stereocenters. The Labute approximate surface area is 142 Å². The van der Waals surface area contributed by atoms with E-state index in [4.69, 9.17) is 4.74 Å². The molecular weight excluding hydrogens is 304 g/mol. The van der Waals surface area contributed by atoms with Gasteiger partial charge in [0, 0.05) is 12.6 Å². The normalized spacial score (nSPS) is 10.5. The van der Waals surface area contributed by atoms with Crippen molar-refractivity contribution in [3.05, 3.63) is 41.9 Å². The van der Waals surface area contributed by atoms with Gasteiger partial charge in [0.2, 0.25) is 0 Å². The minimum absolute atomic E-state index is 0.298. The molecule has 0 fully saturated rings. The predicted molar refractivity (Wildman–Crippen MR) is 95.7 cm³/mol. The molecule has 1 aromatic heterocycles. The molecule has 0 saturated heterocycles. The van der Waals surface area contributed by atoms with Crippen molar-refractivity contribution in [2.75, 3.05) is 24.3 Å². The van der Waals surface area contributed by atoms with Crippen LogP contribution >= 0.6 is 0 Å². The van der Waals surface area contributed by atoms with Crippen LogP contribution in [-0.4, -0.2) is 29.5 Å². The molecule has 2 N–H and O–H groups in total. The summed E-state index contributed by atoms with van der Waals surface area (Å²) in [6, 6.07) is 7.26. The summed E-state index contributed by atoms with van der Waals surface area (Å²) in [6.45, 7) is 7.09. The van der Waals surface area contributed by atoms with Crippen LogP contribution in [0.4, 0.5) is 11.5 Å². The van der Waals surface area contributed by atoms with E-state index in [2.05, 4.69) is 34.4 Å². The molecule has 0 spiro atoms. The number of rotatable bonds is 7. The molecule has 1 aromatic carbocycles. The van der Waals surface area contributed by atoms with Gasteiger partial charge in [-0.2, -0.15) is 0 Å². The van der Waals surface area contributed by atoms with Crippen molar-refractivity contribution >= 4 is 17.4 Å². The molecule has 6 heteroatoms. The minimum Gasteiger partial charge on any atom is -0.495 e. The third-order valence-corrected chi connectivity index (χ3v) is 3.53. The van der Waals surface area contributed by atoms with Crippen LogP contribution in [0.5, 0.6) is 5.75 Å². The second-order valence-electron chi connectivity index (χ2n) is 6.06. The van der Waals surface area contributed by atoms with E-state index in [0.717, 1.165) is 18.5 Å². The SMILES string of the molecule is COc1ccc(C)cc1NC(=O)c1cc(NCCC(C)C)ncn1. The maximum absolute atomic E-state index is 12.4. The molecule has 0 bridgehead atoms. The number of nitrogens with one attached hydrogen (secondary N) is 2. The third kappa shape index (κ3) is 4.94. The second kappa shape index (κ2) is 8.29. The van der Waals surface area contributed by atoms with E-state index in [-0.39, 0.29) is 5.91 Å². The van der Waals surface area contributed by atoms with E-state index in [1.54, 1.807) is 13.2 Å². The van der Waals surface area contributed by atoms with Gasteiger partial charge >= 0.3 is 0 Å². The lowest BCUT2D eigenvalue weighted by atomic mass is 10.1. The zero-order valence-corrected chi connectivity index (χ0v) is 14.6. The number of carbonyl (C=O) groups is 1. The smallest absolute Gasteiger partial charge is 0.274 e. The van der Waals surface area contributed by atoms with Crippen LogP contribution < -0.4 is 15.4 Å². The van der Waals surface area contributed by atoms with Crippen molar-refractivity contribution in [3.8, 4) is 5.75 Å². The van der Waals surface area contributed by atoms with Crippen LogP contribution in [0.2, 0.25) is 0 Å². The van der Waals surface area contributed by atoms with Gasteiger partial charge in [-0.15, -0.1) is 0 Å². The van der Waals surface area contributed by atoms with E-state index in [1.807, 2.05) is 25.1 Å². The van der Waals surface area contributed by atoms with E-state index in [0.29, 0.717) is 28.9 Å². The monoisotopic (exact) mass is 328 g/mol. The van der Waals surface area contributed by atoms with Gasteiger partial charge in [-0.3, -0.25) is 4.79 Å². The highest BCUT2D eigenvalue weighted by atomic mass is 16.5. The van der Waals surface area contributed by atoms with Gasteiger partial charge in [0.25, 0.3) is 5.91 Å². The summed E-state index contributed by atoms with van der Waals surface area (Å²) in [5.41, 5.74) is 1.96. The first-order chi connectivity index (χ1) is 11.5. The molecule has 2 aromatic rings. The molecule has 128 valence electrons. The zero-order chi connectivity index (χ0) is 17.5. The van der Waals surface area contributed by atoms with Crippen LogP contribution in [0.3, 0.4) is 0 Å². The van der Waals surface area contributed by atoms with Gasteiger partial charge in [0.05, 0.1) is 12.8 Å². The fourth-order valence-electron chi connectivity index (χ4n) is 2.17. The summed E-state index contributed by atoms with van der Waals surface area (Å²) >= 11 is 0. The molecule has 0 aliphatic carbocycles. The first-order valence-electron chi connectivity index (χ1n) is 8.01. The quantitative estimate of drug-likeness (QED) is 0.813. The Hall–Kier alpha value is -2.63. The largest absolute Gasteiger partial charge is 0.495 e. The molecular formula is C18H24N4O2. The van der Waals surface area contributed by atoms with E-state index in [9.17, 15) is 4.79 Å². The number of hydrogen-bond donors (Lipinski definition) is 2. The lowest BCUT2D eigenvalue weighted by Crippen LogP contribution is -2.15. The fourth-order valence-corrected chi connectivity index (χ4v) is 2.17. The summed E-state index contributed by atoms with van der Waals surface area (Å²) in [5.74, 6) is 1.56.